The highest BCUT2D eigenvalue weighted by Crippen LogP contribution is 2.34. The standard InChI is InChI=1S/C31H42O16/c1-13(9-15-5-7-18(17(32)11-15)46-31-25(37)21(33)22(34)27(47-31)29(40)41)14(2)10-16-6-8-19(20(12-16)43-3)45-30(42)24(36)23(35)26(44-4)28(38)39/h5-8,11-14,21-27,30-37,42H,9-10H2,1-4H3,(H,38,39)(H,40,41)/t13?,14?,21-,22-,23-,24-,25+,26-,27-,30-,31+/m0/s1. The van der Waals surface area contributed by atoms with Gasteiger partial charge >= 0.3 is 11.9 Å². The van der Waals surface area contributed by atoms with E-state index in [1.165, 1.54) is 25.3 Å². The maximum absolute atomic E-state index is 11.3. The summed E-state index contributed by atoms with van der Waals surface area (Å²) in [5.74, 6) is -3.11. The van der Waals surface area contributed by atoms with Crippen molar-refractivity contribution in [3.05, 3.63) is 47.5 Å². The van der Waals surface area contributed by atoms with E-state index in [0.29, 0.717) is 12.8 Å². The van der Waals surface area contributed by atoms with Gasteiger partial charge in [0.15, 0.2) is 35.2 Å². The third kappa shape index (κ3) is 9.21. The molecular formula is C31H42O16. The summed E-state index contributed by atoms with van der Waals surface area (Å²) in [6.07, 6.45) is -15.7. The molecule has 262 valence electrons. The van der Waals surface area contributed by atoms with E-state index in [0.717, 1.165) is 18.2 Å². The molecule has 1 saturated heterocycles. The van der Waals surface area contributed by atoms with Gasteiger partial charge in [0, 0.05) is 7.11 Å². The Balaban J connectivity index is 1.61. The van der Waals surface area contributed by atoms with Crippen molar-refractivity contribution in [2.45, 2.75) is 82.0 Å². The monoisotopic (exact) mass is 670 g/mol. The number of phenolic OH excluding ortho intramolecular Hbond substituents is 1. The van der Waals surface area contributed by atoms with Gasteiger partial charge in [0.1, 0.15) is 30.5 Å². The number of phenols is 1. The summed E-state index contributed by atoms with van der Waals surface area (Å²) in [4.78, 5) is 22.5. The summed E-state index contributed by atoms with van der Waals surface area (Å²) < 4.78 is 25.9. The molecule has 16 heteroatoms. The number of carboxylic acids is 2. The maximum atomic E-state index is 11.3. The van der Waals surface area contributed by atoms with Crippen molar-refractivity contribution >= 4 is 11.9 Å². The highest BCUT2D eigenvalue weighted by atomic mass is 16.7. The molecule has 2 aromatic carbocycles. The van der Waals surface area contributed by atoms with Crippen LogP contribution >= 0.6 is 0 Å². The second-order valence-corrected chi connectivity index (χ2v) is 11.5. The zero-order chi connectivity index (χ0) is 35.2. The van der Waals surface area contributed by atoms with Gasteiger partial charge < -0.3 is 69.6 Å². The third-order valence-electron chi connectivity index (χ3n) is 8.09. The fourth-order valence-corrected chi connectivity index (χ4v) is 5.08. The molecule has 16 nitrogen and oxygen atoms in total. The van der Waals surface area contributed by atoms with Gasteiger partial charge in [0.25, 0.3) is 0 Å². The van der Waals surface area contributed by atoms with Crippen LogP contribution in [0.3, 0.4) is 0 Å². The van der Waals surface area contributed by atoms with Gasteiger partial charge in [0.05, 0.1) is 7.11 Å². The molecule has 2 unspecified atom stereocenters. The lowest BCUT2D eigenvalue weighted by atomic mass is 9.85. The van der Waals surface area contributed by atoms with Crippen molar-refractivity contribution < 1.29 is 79.2 Å². The van der Waals surface area contributed by atoms with E-state index in [1.807, 2.05) is 13.8 Å². The molecule has 9 N–H and O–H groups in total. The Bertz CT molecular complexity index is 1350. The van der Waals surface area contributed by atoms with Crippen molar-refractivity contribution in [2.75, 3.05) is 14.2 Å². The summed E-state index contributed by atoms with van der Waals surface area (Å²) in [6.45, 7) is 4.04. The number of carbonyl (C=O) groups is 2. The van der Waals surface area contributed by atoms with Gasteiger partial charge in [-0.2, -0.15) is 0 Å². The number of hydrogen-bond donors (Lipinski definition) is 9. The van der Waals surface area contributed by atoms with Crippen LogP contribution < -0.4 is 14.2 Å². The van der Waals surface area contributed by atoms with Crippen LogP contribution in [0, 0.1) is 11.8 Å². The van der Waals surface area contributed by atoms with Gasteiger partial charge in [-0.1, -0.05) is 26.0 Å². The lowest BCUT2D eigenvalue weighted by Crippen LogP contribution is -2.61. The first-order chi connectivity index (χ1) is 22.1. The Morgan fingerprint density at radius 2 is 1.38 bits per heavy atom. The SMILES string of the molecule is COc1cc(CC(C)C(C)Cc2ccc(O[C@@H]3O[C@H](C(=O)O)[C@@H](O)[C@H](O)[C@H]3O)c(O)c2)ccc1O[C@H](O)[C@@H](O)[C@H](O)[C@H](OC)C(=O)O. The molecule has 0 bridgehead atoms. The number of ether oxygens (including phenoxy) is 5. The minimum atomic E-state index is -2.01. The summed E-state index contributed by atoms with van der Waals surface area (Å²) in [6, 6.07) is 9.43. The normalized spacial score (nSPS) is 25.1. The van der Waals surface area contributed by atoms with E-state index in [4.69, 9.17) is 24.1 Å². The molecule has 2 aromatic rings. The van der Waals surface area contributed by atoms with E-state index < -0.39 is 67.2 Å². The smallest absolute Gasteiger partial charge is 0.335 e. The number of hydrogen-bond acceptors (Lipinski definition) is 14. The predicted molar refractivity (Wildman–Crippen MR) is 159 cm³/mol. The summed E-state index contributed by atoms with van der Waals surface area (Å²) >= 11 is 0. The van der Waals surface area contributed by atoms with Crippen LogP contribution in [0.2, 0.25) is 0 Å². The van der Waals surface area contributed by atoms with Crippen LogP contribution in [0.25, 0.3) is 0 Å². The van der Waals surface area contributed by atoms with E-state index >= 15 is 0 Å². The lowest BCUT2D eigenvalue weighted by molar-refractivity contribution is -0.271. The molecule has 0 spiro atoms. The Morgan fingerprint density at radius 3 is 1.89 bits per heavy atom. The number of benzene rings is 2. The molecule has 1 aliphatic rings. The van der Waals surface area contributed by atoms with Gasteiger partial charge in [0.2, 0.25) is 12.6 Å². The highest BCUT2D eigenvalue weighted by Gasteiger charge is 2.48. The maximum Gasteiger partial charge on any atom is 0.335 e. The molecule has 0 saturated carbocycles. The minimum Gasteiger partial charge on any atom is -0.504 e. The van der Waals surface area contributed by atoms with Crippen LogP contribution in [0.1, 0.15) is 25.0 Å². The number of rotatable bonds is 16. The molecule has 47 heavy (non-hydrogen) atoms. The second-order valence-electron chi connectivity index (χ2n) is 11.5. The van der Waals surface area contributed by atoms with E-state index in [-0.39, 0.29) is 34.8 Å². The van der Waals surface area contributed by atoms with Crippen molar-refractivity contribution in [1.29, 1.82) is 0 Å². The largest absolute Gasteiger partial charge is 0.504 e. The third-order valence-corrected chi connectivity index (χ3v) is 8.09. The highest BCUT2D eigenvalue weighted by molar-refractivity contribution is 5.73. The van der Waals surface area contributed by atoms with Crippen molar-refractivity contribution in [1.82, 2.24) is 0 Å². The van der Waals surface area contributed by atoms with Crippen LogP contribution in [0.4, 0.5) is 0 Å². The van der Waals surface area contributed by atoms with E-state index in [2.05, 4.69) is 4.74 Å². The second kappa shape index (κ2) is 16.4. The molecule has 3 rings (SSSR count). The Labute approximate surface area is 269 Å². The number of aliphatic hydroxyl groups excluding tert-OH is 6. The van der Waals surface area contributed by atoms with Crippen molar-refractivity contribution in [3.8, 4) is 23.0 Å². The summed E-state index contributed by atoms with van der Waals surface area (Å²) in [7, 11) is 2.40. The molecule has 0 radical (unpaired) electrons. The van der Waals surface area contributed by atoms with Crippen LogP contribution in [0.15, 0.2) is 36.4 Å². The van der Waals surface area contributed by atoms with Crippen molar-refractivity contribution in [3.63, 3.8) is 0 Å². The first kappa shape index (κ1) is 37.7. The van der Waals surface area contributed by atoms with E-state index in [9.17, 15) is 50.4 Å². The fourth-order valence-electron chi connectivity index (χ4n) is 5.08. The molecule has 11 atom stereocenters. The van der Waals surface area contributed by atoms with Crippen molar-refractivity contribution in [2.24, 2.45) is 11.8 Å². The van der Waals surface area contributed by atoms with Gasteiger partial charge in [-0.25, -0.2) is 9.59 Å². The fraction of sp³-hybridized carbons (Fsp3) is 0.548. The molecule has 0 amide bonds. The minimum absolute atomic E-state index is 0.0353. The number of aromatic hydroxyl groups is 1. The Hall–Kier alpha value is -3.74. The van der Waals surface area contributed by atoms with E-state index in [1.54, 1.807) is 18.2 Å². The number of carboxylic acid groups (broad SMARTS) is 2. The number of methoxy groups -OCH3 is 2. The molecule has 1 fully saturated rings. The van der Waals surface area contributed by atoms with Gasteiger partial charge in [-0.3, -0.25) is 0 Å². The van der Waals surface area contributed by atoms with Crippen LogP contribution in [-0.4, -0.2) is 127 Å². The van der Waals surface area contributed by atoms with Crippen LogP contribution in [0.5, 0.6) is 23.0 Å². The topological polar surface area (TPSA) is 262 Å². The molecule has 1 heterocycles. The summed E-state index contributed by atoms with van der Waals surface area (Å²) in [5.41, 5.74) is 1.59. The average Bonchev–Trinajstić information content (AvgIpc) is 3.02. The number of aliphatic hydroxyl groups is 6. The Kier molecular flexibility index (Phi) is 13.1. The zero-order valence-corrected chi connectivity index (χ0v) is 26.1. The molecular weight excluding hydrogens is 628 g/mol. The predicted octanol–water partition coefficient (Wildman–Crippen LogP) is -0.752. The Morgan fingerprint density at radius 1 is 0.809 bits per heavy atom. The first-order valence-electron chi connectivity index (χ1n) is 14.6. The molecule has 1 aliphatic heterocycles. The van der Waals surface area contributed by atoms with Gasteiger partial charge in [-0.15, -0.1) is 0 Å². The van der Waals surface area contributed by atoms with Crippen LogP contribution in [-0.2, 0) is 31.9 Å². The lowest BCUT2D eigenvalue weighted by Gasteiger charge is -2.38. The average molecular weight is 671 g/mol. The molecule has 0 aliphatic carbocycles. The van der Waals surface area contributed by atoms with Gasteiger partial charge in [-0.05, 0) is 60.1 Å². The first-order valence-corrected chi connectivity index (χ1v) is 14.6. The number of aliphatic carboxylic acids is 2. The quantitative estimate of drug-likeness (QED) is 0.0995. The molecule has 0 aromatic heterocycles. The summed E-state index contributed by atoms with van der Waals surface area (Å²) in [5, 5.41) is 89.4. The zero-order valence-electron chi connectivity index (χ0n) is 26.1.